The first-order valence-corrected chi connectivity index (χ1v) is 6.01. The molecule has 2 N–H and O–H groups in total. The quantitative estimate of drug-likeness (QED) is 0.587. The van der Waals surface area contributed by atoms with Crippen LogP contribution in [0.15, 0.2) is 12.2 Å². The molecule has 0 spiro atoms. The first kappa shape index (κ1) is 13.7. The van der Waals surface area contributed by atoms with E-state index in [2.05, 4.69) is 27.4 Å². The zero-order valence-electron chi connectivity index (χ0n) is 10.2. The first-order valence-electron chi connectivity index (χ1n) is 6.01. The lowest BCUT2D eigenvalue weighted by molar-refractivity contribution is 0.355. The predicted molar refractivity (Wildman–Crippen MR) is 65.3 cm³/mol. The maximum Gasteiger partial charge on any atom is 0.00701 e. The molecule has 0 aromatic heterocycles. The van der Waals surface area contributed by atoms with Crippen molar-refractivity contribution in [3.8, 4) is 0 Å². The molecule has 84 valence electrons. The molecule has 0 aromatic rings. The Morgan fingerprint density at radius 2 is 1.93 bits per heavy atom. The lowest BCUT2D eigenvalue weighted by Gasteiger charge is -2.22. The van der Waals surface area contributed by atoms with Crippen molar-refractivity contribution in [2.24, 2.45) is 11.7 Å². The highest BCUT2D eigenvalue weighted by Crippen LogP contribution is 2.19. The summed E-state index contributed by atoms with van der Waals surface area (Å²) in [5.74, 6) is 0.717. The van der Waals surface area contributed by atoms with Crippen LogP contribution in [0.4, 0.5) is 0 Å². The van der Waals surface area contributed by atoms with E-state index in [1.54, 1.807) is 0 Å². The topological polar surface area (TPSA) is 26.0 Å². The number of nitrogens with two attached hydrogens (primary N) is 1. The summed E-state index contributed by atoms with van der Waals surface area (Å²) in [5, 5.41) is 0. The molecule has 0 aromatic carbocycles. The molecular formula is C13H27N. The van der Waals surface area contributed by atoms with Gasteiger partial charge in [-0.25, -0.2) is 0 Å². The van der Waals surface area contributed by atoms with Crippen LogP contribution in [0.5, 0.6) is 0 Å². The van der Waals surface area contributed by atoms with E-state index in [9.17, 15) is 0 Å². The maximum atomic E-state index is 6.18. The molecule has 0 radical (unpaired) electrons. The first-order chi connectivity index (χ1) is 6.61. The highest BCUT2D eigenvalue weighted by molar-refractivity contribution is 4.89. The van der Waals surface area contributed by atoms with Crippen LogP contribution in [0.2, 0.25) is 0 Å². The summed E-state index contributed by atoms with van der Waals surface area (Å²) in [4.78, 5) is 0. The van der Waals surface area contributed by atoms with E-state index in [4.69, 9.17) is 5.73 Å². The van der Waals surface area contributed by atoms with Crippen LogP contribution in [-0.2, 0) is 0 Å². The SMILES string of the molecule is C=C(C)CCC(N)C(CC)CCCC. The molecule has 0 aliphatic carbocycles. The Bertz CT molecular complexity index is 151. The van der Waals surface area contributed by atoms with Crippen LogP contribution in [0.1, 0.15) is 59.3 Å². The van der Waals surface area contributed by atoms with E-state index in [0.29, 0.717) is 12.0 Å². The second kappa shape index (κ2) is 8.05. The molecule has 1 nitrogen and oxygen atoms in total. The normalized spacial score (nSPS) is 15.1. The minimum atomic E-state index is 0.378. The van der Waals surface area contributed by atoms with Crippen molar-refractivity contribution in [3.05, 3.63) is 12.2 Å². The Balaban J connectivity index is 3.78. The van der Waals surface area contributed by atoms with Gasteiger partial charge in [-0.3, -0.25) is 0 Å². The van der Waals surface area contributed by atoms with Crippen molar-refractivity contribution >= 4 is 0 Å². The molecule has 0 bridgehead atoms. The van der Waals surface area contributed by atoms with Crippen molar-refractivity contribution < 1.29 is 0 Å². The van der Waals surface area contributed by atoms with Crippen LogP contribution >= 0.6 is 0 Å². The average molecular weight is 197 g/mol. The van der Waals surface area contributed by atoms with Crippen LogP contribution in [0.25, 0.3) is 0 Å². The summed E-state index contributed by atoms with van der Waals surface area (Å²) in [7, 11) is 0. The van der Waals surface area contributed by atoms with Crippen molar-refractivity contribution in [1.29, 1.82) is 0 Å². The molecule has 0 aliphatic heterocycles. The highest BCUT2D eigenvalue weighted by Gasteiger charge is 2.14. The molecule has 0 rings (SSSR count). The zero-order chi connectivity index (χ0) is 11.0. The zero-order valence-corrected chi connectivity index (χ0v) is 10.2. The fourth-order valence-corrected chi connectivity index (χ4v) is 1.84. The van der Waals surface area contributed by atoms with Gasteiger partial charge in [-0.15, -0.1) is 6.58 Å². The molecular weight excluding hydrogens is 170 g/mol. The van der Waals surface area contributed by atoms with E-state index in [1.807, 2.05) is 0 Å². The second-order valence-corrected chi connectivity index (χ2v) is 4.47. The predicted octanol–water partition coefficient (Wildman–Crippen LogP) is 3.89. The van der Waals surface area contributed by atoms with Gasteiger partial charge in [-0.05, 0) is 32.1 Å². The van der Waals surface area contributed by atoms with Crippen LogP contribution in [-0.4, -0.2) is 6.04 Å². The number of hydrogen-bond acceptors (Lipinski definition) is 1. The van der Waals surface area contributed by atoms with Gasteiger partial charge in [0.05, 0.1) is 0 Å². The minimum Gasteiger partial charge on any atom is -0.327 e. The summed E-state index contributed by atoms with van der Waals surface area (Å²) in [5.41, 5.74) is 7.43. The Labute approximate surface area is 89.8 Å². The standard InChI is InChI=1S/C13H27N/c1-5-7-8-12(6-2)13(14)10-9-11(3)4/h12-13H,3,5-10,14H2,1-2,4H3. The van der Waals surface area contributed by atoms with Crippen LogP contribution in [0, 0.1) is 5.92 Å². The lowest BCUT2D eigenvalue weighted by Crippen LogP contribution is -2.29. The number of rotatable bonds is 8. The van der Waals surface area contributed by atoms with Crippen molar-refractivity contribution in [3.63, 3.8) is 0 Å². The molecule has 0 heterocycles. The van der Waals surface area contributed by atoms with Gasteiger partial charge in [0.2, 0.25) is 0 Å². The molecule has 0 aliphatic rings. The third-order valence-electron chi connectivity index (χ3n) is 2.96. The van der Waals surface area contributed by atoms with E-state index in [-0.39, 0.29) is 0 Å². The van der Waals surface area contributed by atoms with Gasteiger partial charge in [0.1, 0.15) is 0 Å². The number of allylic oxidation sites excluding steroid dienone is 1. The van der Waals surface area contributed by atoms with E-state index in [0.717, 1.165) is 12.8 Å². The van der Waals surface area contributed by atoms with E-state index < -0.39 is 0 Å². The van der Waals surface area contributed by atoms with Crippen LogP contribution in [0.3, 0.4) is 0 Å². The Hall–Kier alpha value is -0.300. The monoisotopic (exact) mass is 197 g/mol. The average Bonchev–Trinajstić information content (AvgIpc) is 2.16. The number of hydrogen-bond donors (Lipinski definition) is 1. The van der Waals surface area contributed by atoms with Gasteiger partial charge >= 0.3 is 0 Å². The summed E-state index contributed by atoms with van der Waals surface area (Å²) in [6, 6.07) is 0.378. The molecule has 2 atom stereocenters. The minimum absolute atomic E-state index is 0.378. The fraction of sp³-hybridized carbons (Fsp3) is 0.846. The van der Waals surface area contributed by atoms with Gasteiger partial charge in [0.15, 0.2) is 0 Å². The van der Waals surface area contributed by atoms with Crippen molar-refractivity contribution in [2.75, 3.05) is 0 Å². The van der Waals surface area contributed by atoms with Crippen molar-refractivity contribution in [2.45, 2.75) is 65.3 Å². The second-order valence-electron chi connectivity index (χ2n) is 4.47. The molecule has 14 heavy (non-hydrogen) atoms. The van der Waals surface area contributed by atoms with Gasteiger partial charge in [-0.2, -0.15) is 0 Å². The van der Waals surface area contributed by atoms with Gasteiger partial charge in [0.25, 0.3) is 0 Å². The summed E-state index contributed by atoms with van der Waals surface area (Å²) in [6.45, 7) is 10.5. The number of unbranched alkanes of at least 4 members (excludes halogenated alkanes) is 1. The summed E-state index contributed by atoms with van der Waals surface area (Å²) >= 11 is 0. The summed E-state index contributed by atoms with van der Waals surface area (Å²) in [6.07, 6.45) is 7.31. The Morgan fingerprint density at radius 3 is 2.36 bits per heavy atom. The van der Waals surface area contributed by atoms with Crippen molar-refractivity contribution in [1.82, 2.24) is 0 Å². The van der Waals surface area contributed by atoms with Gasteiger partial charge < -0.3 is 5.73 Å². The van der Waals surface area contributed by atoms with Crippen LogP contribution < -0.4 is 5.73 Å². The van der Waals surface area contributed by atoms with E-state index in [1.165, 1.54) is 31.3 Å². The molecule has 0 fully saturated rings. The molecule has 1 heteroatoms. The molecule has 0 saturated heterocycles. The highest BCUT2D eigenvalue weighted by atomic mass is 14.6. The van der Waals surface area contributed by atoms with Gasteiger partial charge in [-0.1, -0.05) is 38.7 Å². The fourth-order valence-electron chi connectivity index (χ4n) is 1.84. The maximum absolute atomic E-state index is 6.18. The van der Waals surface area contributed by atoms with Gasteiger partial charge in [0, 0.05) is 6.04 Å². The lowest BCUT2D eigenvalue weighted by atomic mass is 9.88. The summed E-state index contributed by atoms with van der Waals surface area (Å²) < 4.78 is 0. The Kier molecular flexibility index (Phi) is 7.87. The third kappa shape index (κ3) is 6.20. The third-order valence-corrected chi connectivity index (χ3v) is 2.96. The Morgan fingerprint density at radius 1 is 1.29 bits per heavy atom. The van der Waals surface area contributed by atoms with E-state index >= 15 is 0 Å². The molecule has 0 amide bonds. The largest absolute Gasteiger partial charge is 0.327 e. The molecule has 2 unspecified atom stereocenters. The smallest absolute Gasteiger partial charge is 0.00701 e. The molecule has 0 saturated carbocycles.